The molecule has 0 amide bonds. The molecule has 0 fully saturated rings. The number of hydrogen-bond donors (Lipinski definition) is 2. The molecule has 0 radical (unpaired) electrons. The molecule has 0 saturated carbocycles. The van der Waals surface area contributed by atoms with Gasteiger partial charge >= 0.3 is 5.97 Å². The van der Waals surface area contributed by atoms with Crippen molar-refractivity contribution in [1.29, 1.82) is 0 Å². The summed E-state index contributed by atoms with van der Waals surface area (Å²) in [6.45, 7) is 4.22. The molecule has 1 unspecified atom stereocenters. The van der Waals surface area contributed by atoms with Gasteiger partial charge in [-0.3, -0.25) is 0 Å². The van der Waals surface area contributed by atoms with E-state index in [0.717, 1.165) is 17.2 Å². The lowest BCUT2D eigenvalue weighted by atomic mass is 10.1. The fourth-order valence-electron chi connectivity index (χ4n) is 1.53. The predicted octanol–water partition coefficient (Wildman–Crippen LogP) is 2.61. The predicted molar refractivity (Wildman–Crippen MR) is 78.3 cm³/mol. The van der Waals surface area contributed by atoms with Crippen molar-refractivity contribution in [3.8, 4) is 0 Å². The second-order valence-corrected chi connectivity index (χ2v) is 5.32. The van der Waals surface area contributed by atoms with Crippen LogP contribution in [0, 0.1) is 0 Å². The molecule has 1 aromatic rings. The van der Waals surface area contributed by atoms with Crippen LogP contribution in [0.1, 0.15) is 24.2 Å². The Bertz CT molecular complexity index is 410. The first kappa shape index (κ1) is 14.7. The first-order valence-electron chi connectivity index (χ1n) is 5.90. The van der Waals surface area contributed by atoms with Crippen molar-refractivity contribution >= 4 is 29.1 Å². The fourth-order valence-corrected chi connectivity index (χ4v) is 2.20. The van der Waals surface area contributed by atoms with Crippen LogP contribution in [0.2, 0.25) is 0 Å². The molecule has 0 aliphatic carbocycles. The number of methoxy groups -OCH3 is 1. The lowest BCUT2D eigenvalue weighted by molar-refractivity contribution is 0.0601. The highest BCUT2D eigenvalue weighted by molar-refractivity contribution is 7.99. The molecular formula is C13H20N2O2S. The van der Waals surface area contributed by atoms with E-state index in [-0.39, 0.29) is 5.97 Å². The van der Waals surface area contributed by atoms with Crippen LogP contribution in [0.25, 0.3) is 0 Å². The maximum absolute atomic E-state index is 11.4. The second kappa shape index (κ2) is 7.16. The van der Waals surface area contributed by atoms with E-state index < -0.39 is 0 Å². The smallest absolute Gasteiger partial charge is 0.337 e. The van der Waals surface area contributed by atoms with E-state index in [2.05, 4.69) is 23.9 Å². The van der Waals surface area contributed by atoms with Crippen molar-refractivity contribution in [3.05, 3.63) is 23.8 Å². The number of nitrogen functional groups attached to an aromatic ring is 1. The van der Waals surface area contributed by atoms with Crippen LogP contribution in [-0.2, 0) is 4.74 Å². The first-order valence-corrected chi connectivity index (χ1v) is 7.06. The third-order valence-corrected chi connectivity index (χ3v) is 3.59. The van der Waals surface area contributed by atoms with Crippen LogP contribution >= 0.6 is 11.8 Å². The Kier molecular flexibility index (Phi) is 5.85. The average molecular weight is 268 g/mol. The van der Waals surface area contributed by atoms with Gasteiger partial charge in [-0.1, -0.05) is 6.92 Å². The number of ether oxygens (including phenoxy) is 1. The molecule has 0 heterocycles. The SMILES string of the molecule is CCSCC(C)Nc1cc(C(=O)OC)ccc1N. The van der Waals surface area contributed by atoms with E-state index in [1.165, 1.54) is 7.11 Å². The largest absolute Gasteiger partial charge is 0.465 e. The molecule has 1 rings (SSSR count). The van der Waals surface area contributed by atoms with E-state index >= 15 is 0 Å². The number of thioether (sulfide) groups is 1. The summed E-state index contributed by atoms with van der Waals surface area (Å²) in [7, 11) is 1.37. The Morgan fingerprint density at radius 1 is 1.56 bits per heavy atom. The summed E-state index contributed by atoms with van der Waals surface area (Å²) < 4.78 is 4.69. The average Bonchev–Trinajstić information content (AvgIpc) is 2.38. The van der Waals surface area contributed by atoms with Crippen molar-refractivity contribution < 1.29 is 9.53 Å². The van der Waals surface area contributed by atoms with Crippen molar-refractivity contribution in [2.24, 2.45) is 0 Å². The number of hydrogen-bond acceptors (Lipinski definition) is 5. The normalized spacial score (nSPS) is 11.9. The van der Waals surface area contributed by atoms with Crippen molar-refractivity contribution in [2.45, 2.75) is 19.9 Å². The summed E-state index contributed by atoms with van der Waals surface area (Å²) in [5.41, 5.74) is 7.81. The summed E-state index contributed by atoms with van der Waals surface area (Å²) in [6.07, 6.45) is 0. The van der Waals surface area contributed by atoms with Gasteiger partial charge in [0.25, 0.3) is 0 Å². The summed E-state index contributed by atoms with van der Waals surface area (Å²) in [5, 5.41) is 3.31. The number of anilines is 2. The minimum Gasteiger partial charge on any atom is -0.465 e. The molecule has 0 aliphatic rings. The lowest BCUT2D eigenvalue weighted by Gasteiger charge is -2.16. The van der Waals surface area contributed by atoms with E-state index in [0.29, 0.717) is 17.3 Å². The summed E-state index contributed by atoms with van der Waals surface area (Å²) in [4.78, 5) is 11.4. The zero-order valence-electron chi connectivity index (χ0n) is 11.0. The molecule has 100 valence electrons. The van der Waals surface area contributed by atoms with Crippen molar-refractivity contribution in [2.75, 3.05) is 29.7 Å². The summed E-state index contributed by atoms with van der Waals surface area (Å²) >= 11 is 1.86. The maximum atomic E-state index is 11.4. The monoisotopic (exact) mass is 268 g/mol. The number of esters is 1. The quantitative estimate of drug-likeness (QED) is 0.613. The Morgan fingerprint density at radius 3 is 2.89 bits per heavy atom. The molecule has 3 N–H and O–H groups in total. The van der Waals surface area contributed by atoms with Crippen LogP contribution in [0.3, 0.4) is 0 Å². The Morgan fingerprint density at radius 2 is 2.28 bits per heavy atom. The van der Waals surface area contributed by atoms with Crippen LogP contribution in [0.15, 0.2) is 18.2 Å². The van der Waals surface area contributed by atoms with Gasteiger partial charge in [0.15, 0.2) is 0 Å². The third-order valence-electron chi connectivity index (χ3n) is 2.45. The van der Waals surface area contributed by atoms with Gasteiger partial charge in [-0.15, -0.1) is 0 Å². The minimum atomic E-state index is -0.353. The van der Waals surface area contributed by atoms with Gasteiger partial charge < -0.3 is 15.8 Å². The molecule has 0 saturated heterocycles. The van der Waals surface area contributed by atoms with Gasteiger partial charge in [0, 0.05) is 11.8 Å². The number of nitrogens with one attached hydrogen (secondary N) is 1. The highest BCUT2D eigenvalue weighted by atomic mass is 32.2. The van der Waals surface area contributed by atoms with Gasteiger partial charge in [0.1, 0.15) is 0 Å². The molecule has 0 aliphatic heterocycles. The van der Waals surface area contributed by atoms with Crippen molar-refractivity contribution in [3.63, 3.8) is 0 Å². The number of nitrogens with two attached hydrogens (primary N) is 1. The molecule has 18 heavy (non-hydrogen) atoms. The Hall–Kier alpha value is -1.36. The zero-order chi connectivity index (χ0) is 13.5. The minimum absolute atomic E-state index is 0.296. The molecule has 1 atom stereocenters. The van der Waals surface area contributed by atoms with Crippen molar-refractivity contribution in [1.82, 2.24) is 0 Å². The number of rotatable bonds is 6. The number of benzene rings is 1. The Labute approximate surface area is 112 Å². The standard InChI is InChI=1S/C13H20N2O2S/c1-4-18-8-9(2)15-12-7-10(13(16)17-3)5-6-11(12)14/h5-7,9,15H,4,8,14H2,1-3H3. The van der Waals surface area contributed by atoms with Gasteiger partial charge in [0.05, 0.1) is 24.0 Å². The third kappa shape index (κ3) is 4.14. The second-order valence-electron chi connectivity index (χ2n) is 4.00. The molecule has 5 heteroatoms. The van der Waals surface area contributed by atoms with Gasteiger partial charge in [-0.2, -0.15) is 11.8 Å². The van der Waals surface area contributed by atoms with Crippen LogP contribution < -0.4 is 11.1 Å². The van der Waals surface area contributed by atoms with E-state index in [1.54, 1.807) is 18.2 Å². The van der Waals surface area contributed by atoms with E-state index in [9.17, 15) is 4.79 Å². The summed E-state index contributed by atoms with van der Waals surface area (Å²) in [6, 6.07) is 5.41. The molecule has 0 bridgehead atoms. The van der Waals surface area contributed by atoms with Crippen LogP contribution in [-0.4, -0.2) is 30.6 Å². The van der Waals surface area contributed by atoms with Crippen LogP contribution in [0.5, 0.6) is 0 Å². The molecule has 0 spiro atoms. The van der Waals surface area contributed by atoms with Crippen LogP contribution in [0.4, 0.5) is 11.4 Å². The molecule has 0 aromatic heterocycles. The fraction of sp³-hybridized carbons (Fsp3) is 0.462. The maximum Gasteiger partial charge on any atom is 0.337 e. The first-order chi connectivity index (χ1) is 8.58. The van der Waals surface area contributed by atoms with E-state index in [1.807, 2.05) is 11.8 Å². The molecule has 1 aromatic carbocycles. The summed E-state index contributed by atoms with van der Waals surface area (Å²) in [5.74, 6) is 1.73. The highest BCUT2D eigenvalue weighted by Gasteiger charge is 2.10. The number of carbonyl (C=O) groups excluding carboxylic acids is 1. The van der Waals surface area contributed by atoms with Gasteiger partial charge in [0.2, 0.25) is 0 Å². The topological polar surface area (TPSA) is 64.3 Å². The van der Waals surface area contributed by atoms with Gasteiger partial charge in [-0.05, 0) is 30.9 Å². The highest BCUT2D eigenvalue weighted by Crippen LogP contribution is 2.22. The van der Waals surface area contributed by atoms with Gasteiger partial charge in [-0.25, -0.2) is 4.79 Å². The van der Waals surface area contributed by atoms with E-state index in [4.69, 9.17) is 5.73 Å². The lowest BCUT2D eigenvalue weighted by Crippen LogP contribution is -2.19. The zero-order valence-corrected chi connectivity index (χ0v) is 11.8. The Balaban J connectivity index is 2.77. The molecule has 4 nitrogen and oxygen atoms in total. The number of carbonyl (C=O) groups is 1. The molecular weight excluding hydrogens is 248 g/mol.